The third-order valence-electron chi connectivity index (χ3n) is 1.29. The summed E-state index contributed by atoms with van der Waals surface area (Å²) in [5.41, 5.74) is 5.23. The molecule has 0 bridgehead atoms. The minimum absolute atomic E-state index is 0. The van der Waals surface area contributed by atoms with Crippen molar-refractivity contribution in [1.82, 2.24) is 0 Å². The van der Waals surface area contributed by atoms with Crippen LogP contribution in [-0.2, 0) is 0 Å². The van der Waals surface area contributed by atoms with Crippen LogP contribution in [0.1, 0.15) is 0 Å². The normalized spacial score (nSPS) is 9.15. The first-order valence-corrected chi connectivity index (χ1v) is 4.32. The van der Waals surface area contributed by atoms with E-state index in [1.54, 1.807) is 12.1 Å². The second kappa shape index (κ2) is 6.18. The van der Waals surface area contributed by atoms with E-state index in [2.05, 4.69) is 15.9 Å². The van der Waals surface area contributed by atoms with Gasteiger partial charge in [0.25, 0.3) is 0 Å². The molecule has 2 nitrogen and oxygen atoms in total. The Labute approximate surface area is 90.8 Å². The molecule has 0 unspecified atom stereocenters. The van der Waals surface area contributed by atoms with Crippen molar-refractivity contribution in [3.63, 3.8) is 0 Å². The van der Waals surface area contributed by atoms with Gasteiger partial charge < -0.3 is 10.5 Å². The Balaban J connectivity index is 0.00000144. The Morgan fingerprint density at radius 3 is 2.77 bits per heavy atom. The van der Waals surface area contributed by atoms with E-state index in [0.717, 1.165) is 0 Å². The van der Waals surface area contributed by atoms with Gasteiger partial charge in [0.05, 0.1) is 4.47 Å². The molecular weight excluding hydrogens is 260 g/mol. The van der Waals surface area contributed by atoms with Gasteiger partial charge in [0.2, 0.25) is 0 Å². The summed E-state index contributed by atoms with van der Waals surface area (Å²) < 4.78 is 18.3. The molecule has 0 saturated heterocycles. The fraction of sp³-hybridized carbons (Fsp3) is 0.250. The molecule has 2 N–H and O–H groups in total. The zero-order chi connectivity index (χ0) is 8.97. The largest absolute Gasteiger partial charge is 0.491 e. The van der Waals surface area contributed by atoms with Gasteiger partial charge in [-0.2, -0.15) is 0 Å². The van der Waals surface area contributed by atoms with Crippen molar-refractivity contribution in [1.29, 1.82) is 0 Å². The van der Waals surface area contributed by atoms with Crippen molar-refractivity contribution >= 4 is 28.3 Å². The highest BCUT2D eigenvalue weighted by molar-refractivity contribution is 9.10. The van der Waals surface area contributed by atoms with Gasteiger partial charge in [-0.3, -0.25) is 0 Å². The fourth-order valence-corrected chi connectivity index (χ4v) is 1.14. The topological polar surface area (TPSA) is 35.2 Å². The van der Waals surface area contributed by atoms with E-state index in [1.165, 1.54) is 6.07 Å². The molecular formula is C8H10BrClFNO. The molecule has 0 atom stereocenters. The summed E-state index contributed by atoms with van der Waals surface area (Å²) in [6.07, 6.45) is 0. The first-order valence-electron chi connectivity index (χ1n) is 3.52. The van der Waals surface area contributed by atoms with Crippen LogP contribution in [0.3, 0.4) is 0 Å². The molecule has 0 aromatic heterocycles. The highest BCUT2D eigenvalue weighted by Gasteiger charge is 2.04. The summed E-state index contributed by atoms with van der Waals surface area (Å²) in [6.45, 7) is 0.811. The number of hydrogen-bond donors (Lipinski definition) is 1. The molecule has 1 rings (SSSR count). The summed E-state index contributed by atoms with van der Waals surface area (Å²) in [5.74, 6) is 0.157. The summed E-state index contributed by atoms with van der Waals surface area (Å²) in [5, 5.41) is 0. The number of ether oxygens (including phenoxy) is 1. The van der Waals surface area contributed by atoms with E-state index in [-0.39, 0.29) is 18.2 Å². The zero-order valence-corrected chi connectivity index (χ0v) is 9.20. The molecule has 13 heavy (non-hydrogen) atoms. The number of halogens is 3. The van der Waals surface area contributed by atoms with Crippen molar-refractivity contribution in [2.75, 3.05) is 13.2 Å². The molecule has 0 spiro atoms. The van der Waals surface area contributed by atoms with Crippen molar-refractivity contribution < 1.29 is 9.13 Å². The van der Waals surface area contributed by atoms with Crippen LogP contribution in [0.5, 0.6) is 5.75 Å². The van der Waals surface area contributed by atoms with Crippen molar-refractivity contribution in [2.45, 2.75) is 0 Å². The lowest BCUT2D eigenvalue weighted by Crippen LogP contribution is -2.10. The SMILES string of the molecule is Cl.NCCOc1cccc(F)c1Br. The first-order chi connectivity index (χ1) is 5.75. The van der Waals surface area contributed by atoms with Crippen LogP contribution in [0, 0.1) is 5.82 Å². The predicted octanol–water partition coefficient (Wildman–Crippen LogP) is 2.35. The highest BCUT2D eigenvalue weighted by atomic mass is 79.9. The van der Waals surface area contributed by atoms with Gasteiger partial charge in [-0.25, -0.2) is 4.39 Å². The lowest BCUT2D eigenvalue weighted by molar-refractivity contribution is 0.324. The number of nitrogens with two attached hydrogens (primary N) is 1. The standard InChI is InChI=1S/C8H9BrFNO.ClH/c9-8-6(10)2-1-3-7(8)12-5-4-11;/h1-3H,4-5,11H2;1H. The van der Waals surface area contributed by atoms with Gasteiger partial charge in [-0.1, -0.05) is 6.07 Å². The van der Waals surface area contributed by atoms with Crippen molar-refractivity contribution in [3.8, 4) is 5.75 Å². The third kappa shape index (κ3) is 3.50. The van der Waals surface area contributed by atoms with E-state index in [9.17, 15) is 4.39 Å². The van der Waals surface area contributed by atoms with Crippen LogP contribution in [0.25, 0.3) is 0 Å². The van der Waals surface area contributed by atoms with Crippen LogP contribution in [-0.4, -0.2) is 13.2 Å². The maximum absolute atomic E-state index is 12.8. The summed E-state index contributed by atoms with van der Waals surface area (Å²) in [7, 11) is 0. The van der Waals surface area contributed by atoms with Gasteiger partial charge >= 0.3 is 0 Å². The highest BCUT2D eigenvalue weighted by Crippen LogP contribution is 2.26. The maximum atomic E-state index is 12.8. The van der Waals surface area contributed by atoms with Crippen LogP contribution in [0.4, 0.5) is 4.39 Å². The lowest BCUT2D eigenvalue weighted by atomic mass is 10.3. The molecule has 0 fully saturated rings. The van der Waals surface area contributed by atoms with Crippen LogP contribution in [0.15, 0.2) is 22.7 Å². The van der Waals surface area contributed by atoms with Crippen molar-refractivity contribution in [3.05, 3.63) is 28.5 Å². The minimum Gasteiger partial charge on any atom is -0.491 e. The summed E-state index contributed by atoms with van der Waals surface area (Å²) in [4.78, 5) is 0. The van der Waals surface area contributed by atoms with Gasteiger partial charge in [0, 0.05) is 6.54 Å². The fourth-order valence-electron chi connectivity index (χ4n) is 0.764. The zero-order valence-electron chi connectivity index (χ0n) is 6.80. The Morgan fingerprint density at radius 2 is 2.15 bits per heavy atom. The van der Waals surface area contributed by atoms with E-state index in [4.69, 9.17) is 10.5 Å². The molecule has 0 aliphatic rings. The average molecular weight is 271 g/mol. The molecule has 0 radical (unpaired) electrons. The lowest BCUT2D eigenvalue weighted by Gasteiger charge is -2.06. The molecule has 5 heteroatoms. The second-order valence-electron chi connectivity index (χ2n) is 2.19. The average Bonchev–Trinajstić information content (AvgIpc) is 2.08. The van der Waals surface area contributed by atoms with Crippen LogP contribution < -0.4 is 10.5 Å². The first kappa shape index (κ1) is 12.7. The van der Waals surface area contributed by atoms with E-state index in [0.29, 0.717) is 23.4 Å². The Kier molecular flexibility index (Phi) is 6.03. The molecule has 0 amide bonds. The summed E-state index contributed by atoms with van der Waals surface area (Å²) >= 11 is 3.07. The van der Waals surface area contributed by atoms with Gasteiger partial charge in [-0.15, -0.1) is 12.4 Å². The molecule has 74 valence electrons. The quantitative estimate of drug-likeness (QED) is 0.915. The maximum Gasteiger partial charge on any atom is 0.141 e. The van der Waals surface area contributed by atoms with Gasteiger partial charge in [0.1, 0.15) is 18.2 Å². The molecule has 1 aromatic rings. The minimum atomic E-state index is -0.329. The Bertz CT molecular complexity index is 272. The van der Waals surface area contributed by atoms with Gasteiger partial charge in [0.15, 0.2) is 0 Å². The molecule has 1 aromatic carbocycles. The molecule has 0 heterocycles. The number of benzene rings is 1. The van der Waals surface area contributed by atoms with E-state index < -0.39 is 0 Å². The second-order valence-corrected chi connectivity index (χ2v) is 2.98. The van der Waals surface area contributed by atoms with E-state index in [1.807, 2.05) is 0 Å². The Hall–Kier alpha value is -0.320. The molecule has 0 aliphatic heterocycles. The molecule has 0 aliphatic carbocycles. The van der Waals surface area contributed by atoms with Gasteiger partial charge in [-0.05, 0) is 28.1 Å². The molecule has 0 saturated carbocycles. The smallest absolute Gasteiger partial charge is 0.141 e. The monoisotopic (exact) mass is 269 g/mol. The summed E-state index contributed by atoms with van der Waals surface area (Å²) in [6, 6.07) is 4.63. The van der Waals surface area contributed by atoms with E-state index >= 15 is 0 Å². The predicted molar refractivity (Wildman–Crippen MR) is 55.9 cm³/mol. The number of hydrogen-bond acceptors (Lipinski definition) is 2. The Morgan fingerprint density at radius 1 is 1.46 bits per heavy atom. The van der Waals surface area contributed by atoms with Crippen LogP contribution in [0.2, 0.25) is 0 Å². The van der Waals surface area contributed by atoms with Crippen molar-refractivity contribution in [2.24, 2.45) is 5.73 Å². The third-order valence-corrected chi connectivity index (χ3v) is 2.06. The number of rotatable bonds is 3. The van der Waals surface area contributed by atoms with Crippen LogP contribution >= 0.6 is 28.3 Å².